The Hall–Kier alpha value is -3.74. The van der Waals surface area contributed by atoms with Gasteiger partial charge in [0, 0.05) is 5.69 Å². The second kappa shape index (κ2) is 8.18. The summed E-state index contributed by atoms with van der Waals surface area (Å²) in [5, 5.41) is 7.59. The van der Waals surface area contributed by atoms with Gasteiger partial charge in [0.05, 0.1) is 11.9 Å². The van der Waals surface area contributed by atoms with E-state index in [2.05, 4.69) is 35.3 Å². The summed E-state index contributed by atoms with van der Waals surface area (Å²) in [5.41, 5.74) is 5.07. The number of fused-ring (bicyclic) bond motifs is 1. The number of aromatic nitrogens is 4. The van der Waals surface area contributed by atoms with Crippen molar-refractivity contribution in [3.05, 3.63) is 82.0 Å². The van der Waals surface area contributed by atoms with Crippen molar-refractivity contribution in [3.63, 3.8) is 0 Å². The average molecular weight is 415 g/mol. The third-order valence-electron chi connectivity index (χ3n) is 5.16. The molecule has 2 aromatic heterocycles. The van der Waals surface area contributed by atoms with Crippen molar-refractivity contribution in [2.45, 2.75) is 40.2 Å². The lowest BCUT2D eigenvalue weighted by Crippen LogP contribution is -2.27. The van der Waals surface area contributed by atoms with Gasteiger partial charge in [-0.15, -0.1) is 0 Å². The zero-order valence-electron chi connectivity index (χ0n) is 18.1. The van der Waals surface area contributed by atoms with E-state index in [1.54, 1.807) is 4.68 Å². The van der Waals surface area contributed by atoms with Crippen molar-refractivity contribution < 1.29 is 4.79 Å². The SMILES string of the molecule is Cc1cc(C)cc(-n2ncc3c(=O)n(CC(=O)Nc4cccc(C(C)C)c4)cnc32)c1. The number of hydrogen-bond donors (Lipinski definition) is 1. The minimum absolute atomic E-state index is 0.123. The second-order valence-corrected chi connectivity index (χ2v) is 8.15. The second-order valence-electron chi connectivity index (χ2n) is 8.15. The number of carbonyl (C=O) groups excluding carboxylic acids is 1. The Morgan fingerprint density at radius 2 is 1.84 bits per heavy atom. The van der Waals surface area contributed by atoms with Crippen LogP contribution >= 0.6 is 0 Å². The van der Waals surface area contributed by atoms with Gasteiger partial charge in [-0.1, -0.05) is 32.0 Å². The highest BCUT2D eigenvalue weighted by Gasteiger charge is 2.14. The Morgan fingerprint density at radius 1 is 1.10 bits per heavy atom. The summed E-state index contributed by atoms with van der Waals surface area (Å²) in [6.45, 7) is 8.10. The molecule has 0 aliphatic heterocycles. The molecule has 4 rings (SSSR count). The van der Waals surface area contributed by atoms with Crippen LogP contribution in [0.1, 0.15) is 36.5 Å². The van der Waals surface area contributed by atoms with Crippen molar-refractivity contribution in [3.8, 4) is 5.69 Å². The van der Waals surface area contributed by atoms with Crippen LogP contribution < -0.4 is 10.9 Å². The molecule has 4 aromatic rings. The number of hydrogen-bond acceptors (Lipinski definition) is 4. The number of carbonyl (C=O) groups is 1. The smallest absolute Gasteiger partial charge is 0.264 e. The summed E-state index contributed by atoms with van der Waals surface area (Å²) in [6.07, 6.45) is 2.90. The predicted molar refractivity (Wildman–Crippen MR) is 122 cm³/mol. The number of amides is 1. The minimum Gasteiger partial charge on any atom is -0.325 e. The van der Waals surface area contributed by atoms with Crippen LogP contribution in [0.3, 0.4) is 0 Å². The van der Waals surface area contributed by atoms with E-state index in [1.807, 2.05) is 50.2 Å². The summed E-state index contributed by atoms with van der Waals surface area (Å²) >= 11 is 0. The standard InChI is InChI=1S/C24H25N5O2/c1-15(2)18-6-5-7-19(11-18)27-22(30)13-28-14-25-23-21(24(28)31)12-26-29(23)20-9-16(3)8-17(4)10-20/h5-12,14-15H,13H2,1-4H3,(H,27,30). The molecule has 2 heterocycles. The molecular weight excluding hydrogens is 390 g/mol. The first-order valence-electron chi connectivity index (χ1n) is 10.2. The van der Waals surface area contributed by atoms with Gasteiger partial charge in [-0.25, -0.2) is 9.67 Å². The number of aryl methyl sites for hydroxylation is 2. The number of benzene rings is 2. The van der Waals surface area contributed by atoms with Gasteiger partial charge in [-0.05, 0) is 60.7 Å². The topological polar surface area (TPSA) is 81.8 Å². The molecule has 0 aliphatic rings. The van der Waals surface area contributed by atoms with Crippen LogP contribution in [0.5, 0.6) is 0 Å². The van der Waals surface area contributed by atoms with E-state index >= 15 is 0 Å². The summed E-state index contributed by atoms with van der Waals surface area (Å²) in [6, 6.07) is 13.8. The van der Waals surface area contributed by atoms with Crippen molar-refractivity contribution >= 4 is 22.6 Å². The highest BCUT2D eigenvalue weighted by Crippen LogP contribution is 2.19. The first-order valence-corrected chi connectivity index (χ1v) is 10.2. The van der Waals surface area contributed by atoms with Crippen molar-refractivity contribution in [1.82, 2.24) is 19.3 Å². The van der Waals surface area contributed by atoms with Gasteiger partial charge < -0.3 is 5.32 Å². The Labute approximate surface area is 180 Å². The molecule has 158 valence electrons. The van der Waals surface area contributed by atoms with Crippen LogP contribution in [0.4, 0.5) is 5.69 Å². The van der Waals surface area contributed by atoms with Crippen LogP contribution in [0.25, 0.3) is 16.7 Å². The zero-order chi connectivity index (χ0) is 22.1. The van der Waals surface area contributed by atoms with Crippen LogP contribution in [0, 0.1) is 13.8 Å². The van der Waals surface area contributed by atoms with Crippen molar-refractivity contribution in [2.75, 3.05) is 5.32 Å². The average Bonchev–Trinajstić information content (AvgIpc) is 3.14. The monoisotopic (exact) mass is 415 g/mol. The molecule has 2 aromatic carbocycles. The predicted octanol–water partition coefficient (Wildman–Crippen LogP) is 3.96. The normalized spacial score (nSPS) is 11.3. The summed E-state index contributed by atoms with van der Waals surface area (Å²) in [5.74, 6) is 0.0747. The Morgan fingerprint density at radius 3 is 2.55 bits per heavy atom. The summed E-state index contributed by atoms with van der Waals surface area (Å²) in [4.78, 5) is 29.9. The van der Waals surface area contributed by atoms with Gasteiger partial charge in [0.15, 0.2) is 5.65 Å². The maximum absolute atomic E-state index is 12.9. The van der Waals surface area contributed by atoms with Crippen LogP contribution in [0.2, 0.25) is 0 Å². The molecular formula is C24H25N5O2. The molecule has 1 amide bonds. The molecule has 0 aliphatic carbocycles. The van der Waals surface area contributed by atoms with E-state index < -0.39 is 0 Å². The van der Waals surface area contributed by atoms with Crippen LogP contribution in [-0.4, -0.2) is 25.2 Å². The minimum atomic E-state index is -0.299. The quantitative estimate of drug-likeness (QED) is 0.535. The summed E-state index contributed by atoms with van der Waals surface area (Å²) in [7, 11) is 0. The van der Waals surface area contributed by atoms with Gasteiger partial charge in [0.2, 0.25) is 5.91 Å². The molecule has 0 unspecified atom stereocenters. The molecule has 0 atom stereocenters. The first kappa shape index (κ1) is 20.5. The molecule has 0 bridgehead atoms. The van der Waals surface area contributed by atoms with Crippen molar-refractivity contribution in [1.29, 1.82) is 0 Å². The molecule has 0 spiro atoms. The molecule has 0 saturated heterocycles. The van der Waals surface area contributed by atoms with Crippen LogP contribution in [0.15, 0.2) is 59.8 Å². The van der Waals surface area contributed by atoms with E-state index in [1.165, 1.54) is 17.1 Å². The first-order chi connectivity index (χ1) is 14.8. The Bertz CT molecular complexity index is 1310. The van der Waals surface area contributed by atoms with E-state index in [-0.39, 0.29) is 18.0 Å². The molecule has 0 fully saturated rings. The zero-order valence-corrected chi connectivity index (χ0v) is 18.1. The molecule has 31 heavy (non-hydrogen) atoms. The van der Waals surface area contributed by atoms with Gasteiger partial charge in [0.25, 0.3) is 5.56 Å². The van der Waals surface area contributed by atoms with Gasteiger partial charge in [-0.2, -0.15) is 5.10 Å². The van der Waals surface area contributed by atoms with E-state index in [0.717, 1.165) is 22.4 Å². The lowest BCUT2D eigenvalue weighted by Gasteiger charge is -2.10. The summed E-state index contributed by atoms with van der Waals surface area (Å²) < 4.78 is 2.95. The van der Waals surface area contributed by atoms with Crippen molar-refractivity contribution in [2.24, 2.45) is 0 Å². The number of nitrogens with one attached hydrogen (secondary N) is 1. The fourth-order valence-corrected chi connectivity index (χ4v) is 3.65. The lowest BCUT2D eigenvalue weighted by atomic mass is 10.0. The number of nitrogens with zero attached hydrogens (tertiary/aromatic N) is 4. The molecule has 7 heteroatoms. The molecule has 7 nitrogen and oxygen atoms in total. The Kier molecular flexibility index (Phi) is 5.42. The maximum Gasteiger partial charge on any atom is 0.264 e. The van der Waals surface area contributed by atoms with E-state index in [0.29, 0.717) is 22.6 Å². The van der Waals surface area contributed by atoms with Gasteiger partial charge in [-0.3, -0.25) is 14.2 Å². The van der Waals surface area contributed by atoms with Gasteiger partial charge >= 0.3 is 0 Å². The molecule has 0 radical (unpaired) electrons. The lowest BCUT2D eigenvalue weighted by molar-refractivity contribution is -0.116. The highest BCUT2D eigenvalue weighted by atomic mass is 16.2. The molecule has 0 saturated carbocycles. The fourth-order valence-electron chi connectivity index (χ4n) is 3.65. The third-order valence-corrected chi connectivity index (χ3v) is 5.16. The maximum atomic E-state index is 12.9. The largest absolute Gasteiger partial charge is 0.325 e. The van der Waals surface area contributed by atoms with Gasteiger partial charge in [0.1, 0.15) is 18.3 Å². The van der Waals surface area contributed by atoms with E-state index in [4.69, 9.17) is 0 Å². The van der Waals surface area contributed by atoms with Crippen LogP contribution in [-0.2, 0) is 11.3 Å². The third kappa shape index (κ3) is 4.26. The number of anilines is 1. The number of rotatable bonds is 5. The Balaban J connectivity index is 1.59. The fraction of sp³-hybridized carbons (Fsp3) is 0.250. The highest BCUT2D eigenvalue weighted by molar-refractivity contribution is 5.90. The van der Waals surface area contributed by atoms with E-state index in [9.17, 15) is 9.59 Å². The molecule has 1 N–H and O–H groups in total.